The molecule has 152 valence electrons. The van der Waals surface area contributed by atoms with Gasteiger partial charge < -0.3 is 25.0 Å². The van der Waals surface area contributed by atoms with Gasteiger partial charge in [-0.1, -0.05) is 11.6 Å². The Balaban J connectivity index is 1.83. The number of H-pyrrole nitrogens is 1. The fourth-order valence-electron chi connectivity index (χ4n) is 3.93. The molecule has 0 radical (unpaired) electrons. The van der Waals surface area contributed by atoms with E-state index in [0.29, 0.717) is 34.6 Å². The van der Waals surface area contributed by atoms with E-state index in [1.807, 2.05) is 0 Å². The van der Waals surface area contributed by atoms with Gasteiger partial charge in [0, 0.05) is 29.0 Å². The highest BCUT2D eigenvalue weighted by molar-refractivity contribution is 6.31. The second-order valence-electron chi connectivity index (χ2n) is 7.12. The zero-order valence-corrected chi connectivity index (χ0v) is 16.8. The van der Waals surface area contributed by atoms with Crippen molar-refractivity contribution in [1.82, 2.24) is 4.98 Å². The zero-order valence-electron chi connectivity index (χ0n) is 16.0. The molecule has 1 unspecified atom stereocenters. The number of benzene rings is 1. The number of fused-ring (bicyclic) bond motifs is 1. The van der Waals surface area contributed by atoms with E-state index in [0.717, 1.165) is 25.8 Å². The van der Waals surface area contributed by atoms with Gasteiger partial charge >= 0.3 is 5.97 Å². The predicted octanol–water partition coefficient (Wildman–Crippen LogP) is 1.76. The number of aliphatic hydroxyl groups excluding tert-OH is 1. The number of rotatable bonds is 7. The van der Waals surface area contributed by atoms with Crippen LogP contribution in [0.4, 0.5) is 5.69 Å². The van der Waals surface area contributed by atoms with E-state index in [-0.39, 0.29) is 30.9 Å². The van der Waals surface area contributed by atoms with Crippen molar-refractivity contribution in [3.8, 4) is 0 Å². The molecule has 1 aromatic heterocycles. The Morgan fingerprint density at radius 2 is 2.21 bits per heavy atom. The number of aliphatic hydroxyl groups is 1. The number of aromatic nitrogens is 1. The number of anilines is 1. The highest BCUT2D eigenvalue weighted by Gasteiger charge is 2.29. The van der Waals surface area contributed by atoms with Crippen LogP contribution < -0.4 is 10.2 Å². The minimum atomic E-state index is -0.520. The first-order chi connectivity index (χ1) is 13.5. The summed E-state index contributed by atoms with van der Waals surface area (Å²) in [4.78, 5) is 29.4. The number of nitrogens with one attached hydrogen (secondary N) is 3. The van der Waals surface area contributed by atoms with Crippen LogP contribution >= 0.6 is 11.6 Å². The number of halogens is 1. The molecule has 1 aliphatic rings. The summed E-state index contributed by atoms with van der Waals surface area (Å²) in [6, 6.07) is 5.49. The SMILES string of the molecule is CCOC(=O)c1[nH]c2ccc(Cl)cc2c1NC(=O)C[NH+]1CCCC[C@@H]1CCO. The molecule has 0 spiro atoms. The smallest absolute Gasteiger partial charge is 0.356 e. The fraction of sp³-hybridized carbons (Fsp3) is 0.500. The minimum Gasteiger partial charge on any atom is -0.461 e. The number of amides is 1. The van der Waals surface area contributed by atoms with Crippen LogP contribution in [0.25, 0.3) is 10.9 Å². The minimum absolute atomic E-state index is 0.129. The van der Waals surface area contributed by atoms with Crippen LogP contribution in [0, 0.1) is 0 Å². The third-order valence-electron chi connectivity index (χ3n) is 5.25. The number of aromatic amines is 1. The molecule has 4 N–H and O–H groups in total. The molecular weight excluding hydrogens is 382 g/mol. The van der Waals surface area contributed by atoms with Crippen molar-refractivity contribution >= 4 is 40.1 Å². The van der Waals surface area contributed by atoms with E-state index in [1.165, 1.54) is 4.90 Å². The average Bonchev–Trinajstić information content (AvgIpc) is 3.01. The van der Waals surface area contributed by atoms with Crippen LogP contribution in [-0.2, 0) is 9.53 Å². The Morgan fingerprint density at radius 3 is 2.96 bits per heavy atom. The highest BCUT2D eigenvalue weighted by atomic mass is 35.5. The normalized spacial score (nSPS) is 19.5. The highest BCUT2D eigenvalue weighted by Crippen LogP contribution is 2.30. The number of piperidine rings is 1. The van der Waals surface area contributed by atoms with Gasteiger partial charge in [-0.3, -0.25) is 4.79 Å². The Labute approximate surface area is 169 Å². The van der Waals surface area contributed by atoms with Gasteiger partial charge in [0.25, 0.3) is 5.91 Å². The van der Waals surface area contributed by atoms with Gasteiger partial charge in [-0.05, 0) is 44.4 Å². The van der Waals surface area contributed by atoms with Gasteiger partial charge in [0.15, 0.2) is 6.54 Å². The number of esters is 1. The van der Waals surface area contributed by atoms with Crippen molar-refractivity contribution < 1.29 is 24.3 Å². The largest absolute Gasteiger partial charge is 0.461 e. The molecule has 1 aromatic carbocycles. The van der Waals surface area contributed by atoms with Gasteiger partial charge in [0.1, 0.15) is 5.69 Å². The number of hydrogen-bond donors (Lipinski definition) is 4. The maximum Gasteiger partial charge on any atom is 0.356 e. The van der Waals surface area contributed by atoms with Crippen molar-refractivity contribution in [2.24, 2.45) is 0 Å². The van der Waals surface area contributed by atoms with Crippen molar-refractivity contribution in [3.63, 3.8) is 0 Å². The van der Waals surface area contributed by atoms with Crippen molar-refractivity contribution in [2.45, 2.75) is 38.6 Å². The van der Waals surface area contributed by atoms with Crippen molar-refractivity contribution in [2.75, 3.05) is 31.6 Å². The molecule has 1 amide bonds. The molecule has 1 aliphatic heterocycles. The molecule has 1 saturated heterocycles. The molecule has 8 heteroatoms. The molecule has 28 heavy (non-hydrogen) atoms. The number of carbonyl (C=O) groups excluding carboxylic acids is 2. The first-order valence-corrected chi connectivity index (χ1v) is 10.1. The van der Waals surface area contributed by atoms with Crippen LogP contribution in [0.5, 0.6) is 0 Å². The molecule has 0 bridgehead atoms. The summed E-state index contributed by atoms with van der Waals surface area (Å²) < 4.78 is 5.12. The van der Waals surface area contributed by atoms with Gasteiger partial charge in [0.05, 0.1) is 24.9 Å². The number of quaternary nitrogens is 1. The summed E-state index contributed by atoms with van der Waals surface area (Å²) in [5.74, 6) is -0.695. The number of carbonyl (C=O) groups is 2. The first-order valence-electron chi connectivity index (χ1n) is 9.77. The Kier molecular flexibility index (Phi) is 6.93. The van der Waals surface area contributed by atoms with Gasteiger partial charge in [0.2, 0.25) is 0 Å². The van der Waals surface area contributed by atoms with E-state index in [4.69, 9.17) is 16.3 Å². The molecule has 7 nitrogen and oxygen atoms in total. The quantitative estimate of drug-likeness (QED) is 0.525. The van der Waals surface area contributed by atoms with E-state index >= 15 is 0 Å². The molecule has 1 fully saturated rings. The number of likely N-dealkylation sites (tertiary alicyclic amines) is 1. The third-order valence-corrected chi connectivity index (χ3v) is 5.48. The van der Waals surface area contributed by atoms with Crippen LogP contribution in [0.15, 0.2) is 18.2 Å². The third kappa shape index (κ3) is 4.66. The summed E-state index contributed by atoms with van der Waals surface area (Å²) in [6.07, 6.45) is 3.91. The molecule has 2 aromatic rings. The first kappa shape index (κ1) is 20.6. The lowest BCUT2D eigenvalue weighted by Crippen LogP contribution is -3.17. The molecule has 2 atom stereocenters. The Bertz CT molecular complexity index is 849. The standard InChI is InChI=1S/C20H26ClN3O4/c1-2-28-20(27)19-18(15-11-13(21)6-7-16(15)22-19)23-17(26)12-24-9-4-3-5-14(24)8-10-25/h6-7,11,14,22,25H,2-5,8-10,12H2,1H3,(H,23,26)/p+1/t14-/m1/s1. The summed E-state index contributed by atoms with van der Waals surface area (Å²) in [5.41, 5.74) is 1.32. The van der Waals surface area contributed by atoms with Crippen LogP contribution in [0.1, 0.15) is 43.1 Å². The summed E-state index contributed by atoms with van der Waals surface area (Å²) in [5, 5.41) is 13.4. The monoisotopic (exact) mass is 408 g/mol. The van der Waals surface area contributed by atoms with E-state index in [9.17, 15) is 14.7 Å². The van der Waals surface area contributed by atoms with E-state index in [2.05, 4.69) is 10.3 Å². The van der Waals surface area contributed by atoms with Gasteiger partial charge in [-0.25, -0.2) is 4.79 Å². The number of hydrogen-bond acceptors (Lipinski definition) is 4. The van der Waals surface area contributed by atoms with Crippen LogP contribution in [-0.4, -0.2) is 54.3 Å². The maximum absolute atomic E-state index is 12.8. The lowest BCUT2D eigenvalue weighted by Gasteiger charge is -2.31. The number of ether oxygens (including phenoxy) is 1. The molecule has 0 aliphatic carbocycles. The van der Waals surface area contributed by atoms with E-state index < -0.39 is 5.97 Å². The maximum atomic E-state index is 12.8. The zero-order chi connectivity index (χ0) is 20.1. The predicted molar refractivity (Wildman–Crippen MR) is 108 cm³/mol. The molecular formula is C20H27ClN3O4+. The Hall–Kier alpha value is -2.09. The van der Waals surface area contributed by atoms with Crippen LogP contribution in [0.2, 0.25) is 5.02 Å². The topological polar surface area (TPSA) is 95.9 Å². The summed E-state index contributed by atoms with van der Waals surface area (Å²) in [6.45, 7) is 3.30. The van der Waals surface area contributed by atoms with Crippen LogP contribution in [0.3, 0.4) is 0 Å². The Morgan fingerprint density at radius 1 is 1.39 bits per heavy atom. The van der Waals surface area contributed by atoms with Crippen molar-refractivity contribution in [1.29, 1.82) is 0 Å². The average molecular weight is 409 g/mol. The second kappa shape index (κ2) is 9.41. The summed E-state index contributed by atoms with van der Waals surface area (Å²) in [7, 11) is 0. The lowest BCUT2D eigenvalue weighted by atomic mass is 9.99. The van der Waals surface area contributed by atoms with Crippen molar-refractivity contribution in [3.05, 3.63) is 28.9 Å². The summed E-state index contributed by atoms with van der Waals surface area (Å²) >= 11 is 6.12. The second-order valence-corrected chi connectivity index (χ2v) is 7.56. The molecule has 3 rings (SSSR count). The fourth-order valence-corrected chi connectivity index (χ4v) is 4.10. The lowest BCUT2D eigenvalue weighted by molar-refractivity contribution is -0.923. The van der Waals surface area contributed by atoms with Gasteiger partial charge in [-0.2, -0.15) is 0 Å². The molecule has 2 heterocycles. The molecule has 0 saturated carbocycles. The van der Waals surface area contributed by atoms with Gasteiger partial charge in [-0.15, -0.1) is 0 Å². The van der Waals surface area contributed by atoms with E-state index in [1.54, 1.807) is 25.1 Å².